The normalized spacial score (nSPS) is 13.8. The third kappa shape index (κ3) is 20.4. The van der Waals surface area contributed by atoms with E-state index in [2.05, 4.69) is 27.7 Å². The summed E-state index contributed by atoms with van der Waals surface area (Å²) >= 11 is 0. The van der Waals surface area contributed by atoms with Crippen molar-refractivity contribution in [3.05, 3.63) is 11.6 Å². The quantitative estimate of drug-likeness (QED) is 0.352. The fourth-order valence-electron chi connectivity index (χ4n) is 2.99. The molecule has 0 aliphatic heterocycles. The maximum atomic E-state index is 10.5. The second kappa shape index (κ2) is 18.1. The molecule has 0 aliphatic carbocycles. The number of allylic oxidation sites excluding steroid dienone is 1. The Morgan fingerprint density at radius 2 is 1.29 bits per heavy atom. The van der Waals surface area contributed by atoms with Crippen LogP contribution in [0.1, 0.15) is 92.4 Å². The van der Waals surface area contributed by atoms with Crippen molar-refractivity contribution in [3.8, 4) is 0 Å². The molecule has 0 saturated heterocycles. The van der Waals surface area contributed by atoms with Crippen molar-refractivity contribution < 1.29 is 45.8 Å². The van der Waals surface area contributed by atoms with Crippen molar-refractivity contribution in [3.63, 3.8) is 0 Å². The molecular weight excluding hydrogens is 375 g/mol. The smallest absolute Gasteiger partial charge is 0.328 e. The van der Waals surface area contributed by atoms with Gasteiger partial charge in [-0.2, -0.15) is 0 Å². The summed E-state index contributed by atoms with van der Waals surface area (Å²) in [6.07, 6.45) is 12.7. The summed E-state index contributed by atoms with van der Waals surface area (Å²) in [7, 11) is 0. The molecule has 0 rings (SSSR count). The molecule has 4 heteroatoms. The fourth-order valence-corrected chi connectivity index (χ4v) is 2.99. The van der Waals surface area contributed by atoms with E-state index >= 15 is 0 Å². The monoisotopic (exact) mass is 413 g/mol. The van der Waals surface area contributed by atoms with Crippen molar-refractivity contribution in [2.24, 2.45) is 17.8 Å². The third-order valence-electron chi connectivity index (χ3n) is 4.51. The van der Waals surface area contributed by atoms with Crippen LogP contribution in [0.5, 0.6) is 0 Å². The van der Waals surface area contributed by atoms with E-state index in [0.29, 0.717) is 0 Å². The first-order chi connectivity index (χ1) is 10.3. The Hall–Kier alpha value is 0.327. The minimum Gasteiger partial charge on any atom is -0.478 e. The van der Waals surface area contributed by atoms with Crippen LogP contribution in [-0.2, 0) is 40.7 Å². The van der Waals surface area contributed by atoms with Gasteiger partial charge in [0.25, 0.3) is 0 Å². The molecule has 0 aromatic carbocycles. The minimum absolute atomic E-state index is 0. The summed E-state index contributed by atoms with van der Waals surface area (Å²) in [5.74, 6) is 1.65. The molecule has 1 radical (unpaired) electrons. The molecule has 0 aromatic heterocycles. The number of rotatable bonds is 13. The average Bonchev–Trinajstić information content (AvgIpc) is 2.37. The van der Waals surface area contributed by atoms with Gasteiger partial charge in [0, 0.05) is 42.0 Å². The Balaban J connectivity index is -0.00000220. The van der Waals surface area contributed by atoms with Crippen molar-refractivity contribution in [2.45, 2.75) is 92.4 Å². The van der Waals surface area contributed by atoms with Crippen LogP contribution in [-0.4, -0.2) is 11.1 Å². The molecular formula is C20H38CrO2V. The zero-order valence-corrected chi connectivity index (χ0v) is 19.1. The number of carboxylic acid groups (broad SMARTS) is 1. The van der Waals surface area contributed by atoms with Crippen molar-refractivity contribution in [2.75, 3.05) is 0 Å². The van der Waals surface area contributed by atoms with Crippen LogP contribution >= 0.6 is 0 Å². The maximum Gasteiger partial charge on any atom is 0.328 e. The van der Waals surface area contributed by atoms with Crippen molar-refractivity contribution in [1.82, 2.24) is 0 Å². The molecule has 1 N–H and O–H groups in total. The number of hydrogen-bond acceptors (Lipinski definition) is 1. The van der Waals surface area contributed by atoms with E-state index in [1.165, 1.54) is 51.0 Å². The standard InChI is InChI=1S/C20H38O2.Cr.V/c1-16(2)9-6-10-17(3)11-7-12-18(4)13-8-14-19(5)15-20(21)22;;/h15-18H,6-14H2,1-5H3,(H,21,22);;/b19-15+;;/t17-,18-;;/m1../s1. The van der Waals surface area contributed by atoms with Gasteiger partial charge in [-0.1, -0.05) is 78.2 Å². The van der Waals surface area contributed by atoms with E-state index in [1.807, 2.05) is 6.92 Å². The van der Waals surface area contributed by atoms with Gasteiger partial charge < -0.3 is 5.11 Å². The van der Waals surface area contributed by atoms with Crippen LogP contribution in [0.4, 0.5) is 0 Å². The molecule has 0 heterocycles. The van der Waals surface area contributed by atoms with Crippen LogP contribution in [0.25, 0.3) is 0 Å². The van der Waals surface area contributed by atoms with Crippen LogP contribution < -0.4 is 0 Å². The van der Waals surface area contributed by atoms with Gasteiger partial charge >= 0.3 is 5.97 Å². The second-order valence-electron chi connectivity index (χ2n) is 7.69. The van der Waals surface area contributed by atoms with Crippen molar-refractivity contribution >= 4 is 5.97 Å². The average molecular weight is 413 g/mol. The zero-order valence-electron chi connectivity index (χ0n) is 16.4. The summed E-state index contributed by atoms with van der Waals surface area (Å²) in [6.45, 7) is 11.3. The van der Waals surface area contributed by atoms with Gasteiger partial charge in [0.15, 0.2) is 0 Å². The molecule has 2 nitrogen and oxygen atoms in total. The molecule has 0 aliphatic rings. The van der Waals surface area contributed by atoms with Gasteiger partial charge in [0.05, 0.1) is 0 Å². The molecule has 0 fully saturated rings. The molecule has 0 unspecified atom stereocenters. The van der Waals surface area contributed by atoms with Gasteiger partial charge in [0.1, 0.15) is 0 Å². The maximum absolute atomic E-state index is 10.5. The van der Waals surface area contributed by atoms with Crippen LogP contribution in [0.15, 0.2) is 11.6 Å². The SMILES string of the molecule is C/C(=C\C(=O)O)CCC[C@H](C)CCC[C@H](C)CCCC(C)C.[Cr].[V]. The van der Waals surface area contributed by atoms with E-state index in [-0.39, 0.29) is 35.9 Å². The molecule has 0 amide bonds. The number of hydrogen-bond donors (Lipinski definition) is 1. The van der Waals surface area contributed by atoms with E-state index in [4.69, 9.17) is 5.11 Å². The second-order valence-corrected chi connectivity index (χ2v) is 7.69. The molecule has 0 spiro atoms. The fraction of sp³-hybridized carbons (Fsp3) is 0.850. The van der Waals surface area contributed by atoms with Crippen LogP contribution in [0.3, 0.4) is 0 Å². The first-order valence-corrected chi connectivity index (χ1v) is 9.21. The van der Waals surface area contributed by atoms with Gasteiger partial charge in [-0.15, -0.1) is 0 Å². The summed E-state index contributed by atoms with van der Waals surface area (Å²) in [5.41, 5.74) is 0.985. The van der Waals surface area contributed by atoms with Crippen LogP contribution in [0.2, 0.25) is 0 Å². The van der Waals surface area contributed by atoms with E-state index in [0.717, 1.165) is 36.2 Å². The predicted octanol–water partition coefficient (Wildman–Crippen LogP) is 6.45. The molecule has 0 bridgehead atoms. The summed E-state index contributed by atoms with van der Waals surface area (Å²) < 4.78 is 0. The Kier molecular flexibility index (Phi) is 22.0. The molecule has 141 valence electrons. The molecule has 0 saturated carbocycles. The Morgan fingerprint density at radius 3 is 1.71 bits per heavy atom. The summed E-state index contributed by atoms with van der Waals surface area (Å²) in [5, 5.41) is 8.68. The van der Waals surface area contributed by atoms with Crippen molar-refractivity contribution in [1.29, 1.82) is 0 Å². The van der Waals surface area contributed by atoms with E-state index in [9.17, 15) is 4.79 Å². The van der Waals surface area contributed by atoms with Gasteiger partial charge in [0.2, 0.25) is 0 Å². The molecule has 2 atom stereocenters. The summed E-state index contributed by atoms with van der Waals surface area (Å²) in [4.78, 5) is 10.5. The van der Waals surface area contributed by atoms with Crippen LogP contribution in [0, 0.1) is 17.8 Å². The molecule has 24 heavy (non-hydrogen) atoms. The first-order valence-electron chi connectivity index (χ1n) is 9.21. The number of aliphatic carboxylic acids is 1. The Labute approximate surface area is 173 Å². The number of carboxylic acids is 1. The number of carbonyl (C=O) groups is 1. The third-order valence-corrected chi connectivity index (χ3v) is 4.51. The van der Waals surface area contributed by atoms with Gasteiger partial charge in [-0.25, -0.2) is 4.79 Å². The minimum atomic E-state index is -0.822. The van der Waals surface area contributed by atoms with E-state index in [1.54, 1.807) is 0 Å². The van der Waals surface area contributed by atoms with E-state index < -0.39 is 5.97 Å². The zero-order chi connectivity index (χ0) is 17.0. The van der Waals surface area contributed by atoms with Gasteiger partial charge in [-0.05, 0) is 37.5 Å². The Morgan fingerprint density at radius 1 is 0.875 bits per heavy atom. The largest absolute Gasteiger partial charge is 0.478 e. The first kappa shape index (κ1) is 29.1. The topological polar surface area (TPSA) is 37.3 Å². The predicted molar refractivity (Wildman–Crippen MR) is 96.1 cm³/mol. The van der Waals surface area contributed by atoms with Gasteiger partial charge in [-0.3, -0.25) is 0 Å². The Bertz CT molecular complexity index is 330. The molecule has 0 aromatic rings. The summed E-state index contributed by atoms with van der Waals surface area (Å²) in [6, 6.07) is 0.